The van der Waals surface area contributed by atoms with Crippen LogP contribution in [0.2, 0.25) is 0 Å². The first-order valence-electron chi connectivity index (χ1n) is 5.63. The summed E-state index contributed by atoms with van der Waals surface area (Å²) in [5.74, 6) is 0.366. The molecule has 1 aliphatic carbocycles. The van der Waals surface area contributed by atoms with E-state index in [9.17, 15) is 5.11 Å². The summed E-state index contributed by atoms with van der Waals surface area (Å²) >= 11 is 1.74. The Labute approximate surface area is 96.1 Å². The molecule has 1 fully saturated rings. The second kappa shape index (κ2) is 3.33. The molecule has 0 saturated heterocycles. The minimum atomic E-state index is -0.581. The van der Waals surface area contributed by atoms with E-state index in [2.05, 4.69) is 39.8 Å². The highest BCUT2D eigenvalue weighted by molar-refractivity contribution is 7.12. The van der Waals surface area contributed by atoms with Crippen LogP contribution in [0, 0.1) is 18.3 Å². The molecule has 1 aromatic rings. The fraction of sp³-hybridized carbons (Fsp3) is 0.692. The molecule has 2 atom stereocenters. The minimum Gasteiger partial charge on any atom is -0.384 e. The molecule has 2 rings (SSSR count). The average Bonchev–Trinajstić information content (AvgIpc) is 2.56. The zero-order chi connectivity index (χ0) is 11.3. The fourth-order valence-electron chi connectivity index (χ4n) is 2.97. The summed E-state index contributed by atoms with van der Waals surface area (Å²) in [6.45, 7) is 8.77. The zero-order valence-electron chi connectivity index (χ0n) is 10.0. The third-order valence-electron chi connectivity index (χ3n) is 3.59. The van der Waals surface area contributed by atoms with Gasteiger partial charge in [-0.2, -0.15) is 0 Å². The number of rotatable bonds is 1. The van der Waals surface area contributed by atoms with Crippen molar-refractivity contribution in [1.29, 1.82) is 0 Å². The molecule has 1 N–H and O–H groups in total. The van der Waals surface area contributed by atoms with Gasteiger partial charge in [-0.15, -0.1) is 11.3 Å². The Balaban J connectivity index is 2.35. The van der Waals surface area contributed by atoms with Crippen LogP contribution in [0.5, 0.6) is 0 Å². The van der Waals surface area contributed by atoms with E-state index >= 15 is 0 Å². The van der Waals surface area contributed by atoms with Crippen LogP contribution in [-0.2, 0) is 5.60 Å². The predicted octanol–water partition coefficient (Wildman–Crippen LogP) is 3.70. The van der Waals surface area contributed by atoms with Gasteiger partial charge in [-0.3, -0.25) is 0 Å². The second-order valence-corrected chi connectivity index (χ2v) is 7.07. The van der Waals surface area contributed by atoms with Gasteiger partial charge in [0.1, 0.15) is 5.60 Å². The Bertz CT molecular complexity index is 366. The normalized spacial score (nSPS) is 34.6. The topological polar surface area (TPSA) is 20.2 Å². The number of hydrogen-bond acceptors (Lipinski definition) is 2. The van der Waals surface area contributed by atoms with Gasteiger partial charge in [-0.25, -0.2) is 0 Å². The molecule has 0 aromatic carbocycles. The fourth-order valence-corrected chi connectivity index (χ4v) is 4.04. The van der Waals surface area contributed by atoms with Crippen molar-refractivity contribution >= 4 is 11.3 Å². The van der Waals surface area contributed by atoms with E-state index in [-0.39, 0.29) is 5.41 Å². The molecule has 15 heavy (non-hydrogen) atoms. The number of thiophene rings is 1. The maximum absolute atomic E-state index is 10.8. The Kier molecular flexibility index (Phi) is 2.47. The van der Waals surface area contributed by atoms with Gasteiger partial charge in [0.15, 0.2) is 0 Å². The van der Waals surface area contributed by atoms with E-state index in [1.807, 2.05) is 0 Å². The van der Waals surface area contributed by atoms with Crippen molar-refractivity contribution in [2.45, 2.75) is 46.1 Å². The zero-order valence-corrected chi connectivity index (χ0v) is 10.8. The number of aryl methyl sites for hydroxylation is 1. The van der Waals surface area contributed by atoms with E-state index in [0.29, 0.717) is 5.92 Å². The van der Waals surface area contributed by atoms with Gasteiger partial charge in [0.2, 0.25) is 0 Å². The standard InChI is InChI=1S/C13H20OS/c1-9-7-12(3,4)8-13(9,14)11-6-5-10(2)15-11/h5-6,9,14H,7-8H2,1-4H3. The van der Waals surface area contributed by atoms with Crippen molar-refractivity contribution in [3.05, 3.63) is 21.9 Å². The van der Waals surface area contributed by atoms with Gasteiger partial charge in [0.05, 0.1) is 0 Å². The van der Waals surface area contributed by atoms with Crippen molar-refractivity contribution in [1.82, 2.24) is 0 Å². The lowest BCUT2D eigenvalue weighted by atomic mass is 9.88. The third-order valence-corrected chi connectivity index (χ3v) is 4.76. The minimum absolute atomic E-state index is 0.270. The molecule has 1 aromatic heterocycles. The molecule has 2 heteroatoms. The molecular weight excluding hydrogens is 204 g/mol. The SMILES string of the molecule is Cc1ccc(C2(O)CC(C)(C)CC2C)s1. The van der Waals surface area contributed by atoms with Crippen LogP contribution < -0.4 is 0 Å². The molecule has 0 aliphatic heterocycles. The van der Waals surface area contributed by atoms with Gasteiger partial charge in [0, 0.05) is 9.75 Å². The summed E-state index contributed by atoms with van der Waals surface area (Å²) in [6.07, 6.45) is 2.00. The van der Waals surface area contributed by atoms with Crippen molar-refractivity contribution in [2.24, 2.45) is 11.3 Å². The van der Waals surface area contributed by atoms with E-state index in [0.717, 1.165) is 17.7 Å². The Morgan fingerprint density at radius 2 is 2.07 bits per heavy atom. The molecule has 1 heterocycles. The Morgan fingerprint density at radius 3 is 2.47 bits per heavy atom. The van der Waals surface area contributed by atoms with Gasteiger partial charge < -0.3 is 5.11 Å². The van der Waals surface area contributed by atoms with Crippen molar-refractivity contribution < 1.29 is 5.11 Å². The van der Waals surface area contributed by atoms with Gasteiger partial charge in [0.25, 0.3) is 0 Å². The molecule has 0 radical (unpaired) electrons. The van der Waals surface area contributed by atoms with Gasteiger partial charge in [-0.1, -0.05) is 20.8 Å². The average molecular weight is 224 g/mol. The van der Waals surface area contributed by atoms with Crippen LogP contribution in [0.15, 0.2) is 12.1 Å². The smallest absolute Gasteiger partial charge is 0.102 e. The number of aliphatic hydroxyl groups is 1. The van der Waals surface area contributed by atoms with Crippen LogP contribution >= 0.6 is 11.3 Å². The Morgan fingerprint density at radius 1 is 1.40 bits per heavy atom. The van der Waals surface area contributed by atoms with Crippen LogP contribution in [0.25, 0.3) is 0 Å². The van der Waals surface area contributed by atoms with Crippen LogP contribution in [0.4, 0.5) is 0 Å². The summed E-state index contributed by atoms with van der Waals surface area (Å²) in [4.78, 5) is 2.44. The first-order valence-corrected chi connectivity index (χ1v) is 6.44. The van der Waals surface area contributed by atoms with Crippen molar-refractivity contribution in [3.63, 3.8) is 0 Å². The number of hydrogen-bond donors (Lipinski definition) is 1. The summed E-state index contributed by atoms with van der Waals surface area (Å²) < 4.78 is 0. The molecular formula is C13H20OS. The van der Waals surface area contributed by atoms with Crippen LogP contribution in [0.1, 0.15) is 43.4 Å². The van der Waals surface area contributed by atoms with Crippen molar-refractivity contribution in [3.8, 4) is 0 Å². The maximum Gasteiger partial charge on any atom is 0.102 e. The van der Waals surface area contributed by atoms with Gasteiger partial charge in [-0.05, 0) is 43.2 Å². The monoisotopic (exact) mass is 224 g/mol. The highest BCUT2D eigenvalue weighted by Gasteiger charge is 2.49. The van der Waals surface area contributed by atoms with Crippen LogP contribution in [0.3, 0.4) is 0 Å². The lowest BCUT2D eigenvalue weighted by molar-refractivity contribution is 0.00274. The van der Waals surface area contributed by atoms with Gasteiger partial charge >= 0.3 is 0 Å². The predicted molar refractivity (Wildman–Crippen MR) is 65.1 cm³/mol. The molecule has 1 aliphatic rings. The van der Waals surface area contributed by atoms with E-state index in [1.54, 1.807) is 11.3 Å². The third kappa shape index (κ3) is 1.85. The Hall–Kier alpha value is -0.340. The molecule has 0 bridgehead atoms. The van der Waals surface area contributed by atoms with Crippen LogP contribution in [-0.4, -0.2) is 5.11 Å². The molecule has 2 unspecified atom stereocenters. The summed E-state index contributed by atoms with van der Waals surface area (Å²) in [7, 11) is 0. The summed E-state index contributed by atoms with van der Waals surface area (Å²) in [5.41, 5.74) is -0.311. The van der Waals surface area contributed by atoms with Crippen molar-refractivity contribution in [2.75, 3.05) is 0 Å². The molecule has 84 valence electrons. The first-order chi connectivity index (χ1) is 6.83. The van der Waals surface area contributed by atoms with E-state index in [4.69, 9.17) is 0 Å². The first kappa shape index (κ1) is 11.2. The maximum atomic E-state index is 10.8. The second-order valence-electron chi connectivity index (χ2n) is 5.78. The molecule has 1 nitrogen and oxygen atoms in total. The summed E-state index contributed by atoms with van der Waals surface area (Å²) in [5, 5.41) is 10.8. The van der Waals surface area contributed by atoms with E-state index < -0.39 is 5.60 Å². The summed E-state index contributed by atoms with van der Waals surface area (Å²) in [6, 6.07) is 4.20. The molecule has 0 amide bonds. The quantitative estimate of drug-likeness (QED) is 0.771. The lowest BCUT2D eigenvalue weighted by Gasteiger charge is -2.27. The molecule has 0 spiro atoms. The highest BCUT2D eigenvalue weighted by Crippen LogP contribution is 2.53. The molecule has 1 saturated carbocycles. The van der Waals surface area contributed by atoms with E-state index in [1.165, 1.54) is 4.88 Å². The largest absolute Gasteiger partial charge is 0.384 e. The highest BCUT2D eigenvalue weighted by atomic mass is 32.1. The lowest BCUT2D eigenvalue weighted by Crippen LogP contribution is -2.27.